The van der Waals surface area contributed by atoms with E-state index in [2.05, 4.69) is 18.7 Å². The second-order valence-corrected chi connectivity index (χ2v) is 5.66. The zero-order valence-electron chi connectivity index (χ0n) is 10.0. The first kappa shape index (κ1) is 11.4. The minimum atomic E-state index is 0.0276. The van der Waals surface area contributed by atoms with E-state index in [4.69, 9.17) is 10.5 Å². The summed E-state index contributed by atoms with van der Waals surface area (Å²) in [5, 5.41) is 0. The predicted molar refractivity (Wildman–Crippen MR) is 61.8 cm³/mol. The van der Waals surface area contributed by atoms with Crippen molar-refractivity contribution in [2.75, 3.05) is 19.7 Å². The summed E-state index contributed by atoms with van der Waals surface area (Å²) in [6, 6.07) is 1.13. The van der Waals surface area contributed by atoms with Crippen molar-refractivity contribution in [3.8, 4) is 0 Å². The number of nitrogens with zero attached hydrogens (tertiary/aromatic N) is 1. The summed E-state index contributed by atoms with van der Waals surface area (Å²) < 4.78 is 5.74. The van der Waals surface area contributed by atoms with Crippen molar-refractivity contribution in [3.05, 3.63) is 0 Å². The maximum Gasteiger partial charge on any atom is 0.0753 e. The lowest BCUT2D eigenvalue weighted by Crippen LogP contribution is -2.54. The van der Waals surface area contributed by atoms with Gasteiger partial charge in [0.05, 0.1) is 12.2 Å². The molecule has 0 bridgehead atoms. The molecule has 1 heterocycles. The van der Waals surface area contributed by atoms with E-state index < -0.39 is 0 Å². The molecule has 1 aliphatic heterocycles. The third-order valence-corrected chi connectivity index (χ3v) is 3.66. The molecule has 88 valence electrons. The number of hydrogen-bond acceptors (Lipinski definition) is 3. The Hall–Kier alpha value is -0.120. The van der Waals surface area contributed by atoms with Crippen LogP contribution in [0.4, 0.5) is 0 Å². The molecule has 0 aromatic carbocycles. The van der Waals surface area contributed by atoms with E-state index in [1.54, 1.807) is 0 Å². The van der Waals surface area contributed by atoms with Crippen LogP contribution in [0.2, 0.25) is 0 Å². The highest BCUT2D eigenvalue weighted by Crippen LogP contribution is 2.26. The van der Waals surface area contributed by atoms with Crippen LogP contribution in [-0.4, -0.2) is 42.3 Å². The molecule has 2 unspecified atom stereocenters. The Labute approximate surface area is 93.0 Å². The number of morpholine rings is 1. The van der Waals surface area contributed by atoms with E-state index in [1.807, 2.05) is 0 Å². The van der Waals surface area contributed by atoms with Crippen molar-refractivity contribution in [3.63, 3.8) is 0 Å². The van der Waals surface area contributed by atoms with Crippen molar-refractivity contribution < 1.29 is 4.74 Å². The molecule has 0 aromatic heterocycles. The molecule has 2 N–H and O–H groups in total. The fourth-order valence-electron chi connectivity index (χ4n) is 2.90. The summed E-state index contributed by atoms with van der Waals surface area (Å²) in [4.78, 5) is 2.59. The Bertz CT molecular complexity index is 218. The second-order valence-electron chi connectivity index (χ2n) is 5.66. The molecule has 15 heavy (non-hydrogen) atoms. The van der Waals surface area contributed by atoms with Crippen LogP contribution in [0.3, 0.4) is 0 Å². The van der Waals surface area contributed by atoms with Gasteiger partial charge in [-0.1, -0.05) is 6.42 Å². The molecule has 3 nitrogen and oxygen atoms in total. The summed E-state index contributed by atoms with van der Waals surface area (Å²) in [5.41, 5.74) is 6.07. The Balaban J connectivity index is 1.92. The second kappa shape index (κ2) is 4.40. The van der Waals surface area contributed by atoms with Gasteiger partial charge in [0, 0.05) is 25.2 Å². The minimum absolute atomic E-state index is 0.0276. The Kier molecular flexibility index (Phi) is 3.33. The van der Waals surface area contributed by atoms with Crippen LogP contribution in [0.25, 0.3) is 0 Å². The topological polar surface area (TPSA) is 38.5 Å². The van der Waals surface area contributed by atoms with Crippen molar-refractivity contribution in [2.45, 2.75) is 57.2 Å². The summed E-state index contributed by atoms with van der Waals surface area (Å²) in [6.07, 6.45) is 5.01. The number of hydrogen-bond donors (Lipinski definition) is 1. The molecule has 2 aliphatic rings. The van der Waals surface area contributed by atoms with Gasteiger partial charge in [-0.25, -0.2) is 0 Å². The van der Waals surface area contributed by atoms with E-state index in [0.717, 1.165) is 19.7 Å². The number of ether oxygens (including phenoxy) is 1. The first-order valence-corrected chi connectivity index (χ1v) is 6.20. The first-order valence-electron chi connectivity index (χ1n) is 6.20. The molecule has 0 aromatic rings. The SMILES string of the molecule is CC1(C)CN(C2CCCC(N)C2)CCO1. The van der Waals surface area contributed by atoms with Gasteiger partial charge in [0.15, 0.2) is 0 Å². The van der Waals surface area contributed by atoms with Gasteiger partial charge in [-0.05, 0) is 33.1 Å². The number of nitrogens with two attached hydrogens (primary N) is 1. The van der Waals surface area contributed by atoms with Crippen LogP contribution in [-0.2, 0) is 4.74 Å². The lowest BCUT2D eigenvalue weighted by Gasteiger charge is -2.44. The number of rotatable bonds is 1. The van der Waals surface area contributed by atoms with E-state index in [0.29, 0.717) is 12.1 Å². The zero-order valence-corrected chi connectivity index (χ0v) is 10.0. The zero-order chi connectivity index (χ0) is 10.9. The smallest absolute Gasteiger partial charge is 0.0753 e. The van der Waals surface area contributed by atoms with Crippen LogP contribution >= 0.6 is 0 Å². The Morgan fingerprint density at radius 2 is 2.13 bits per heavy atom. The monoisotopic (exact) mass is 212 g/mol. The lowest BCUT2D eigenvalue weighted by molar-refractivity contribution is -0.101. The van der Waals surface area contributed by atoms with Gasteiger partial charge in [-0.2, -0.15) is 0 Å². The lowest BCUT2D eigenvalue weighted by atomic mass is 9.89. The van der Waals surface area contributed by atoms with Crippen LogP contribution in [0, 0.1) is 0 Å². The van der Waals surface area contributed by atoms with Gasteiger partial charge < -0.3 is 10.5 Å². The summed E-state index contributed by atoms with van der Waals surface area (Å²) in [5.74, 6) is 0. The van der Waals surface area contributed by atoms with E-state index in [1.165, 1.54) is 25.7 Å². The summed E-state index contributed by atoms with van der Waals surface area (Å²) in [7, 11) is 0. The minimum Gasteiger partial charge on any atom is -0.373 e. The van der Waals surface area contributed by atoms with Gasteiger partial charge in [0.2, 0.25) is 0 Å². The standard InChI is InChI=1S/C12H24N2O/c1-12(2)9-14(6-7-15-12)11-5-3-4-10(13)8-11/h10-11H,3-9,13H2,1-2H3. The highest BCUT2D eigenvalue weighted by Gasteiger charge is 2.32. The molecule has 1 saturated carbocycles. The third kappa shape index (κ3) is 2.92. The average molecular weight is 212 g/mol. The van der Waals surface area contributed by atoms with E-state index in [-0.39, 0.29) is 5.60 Å². The molecule has 2 fully saturated rings. The summed E-state index contributed by atoms with van der Waals surface area (Å²) in [6.45, 7) is 7.38. The van der Waals surface area contributed by atoms with Gasteiger partial charge in [0.1, 0.15) is 0 Å². The van der Waals surface area contributed by atoms with Crippen molar-refractivity contribution >= 4 is 0 Å². The largest absolute Gasteiger partial charge is 0.373 e. The maximum atomic E-state index is 6.04. The summed E-state index contributed by atoms with van der Waals surface area (Å²) >= 11 is 0. The predicted octanol–water partition coefficient (Wildman–Crippen LogP) is 1.37. The highest BCUT2D eigenvalue weighted by molar-refractivity contribution is 4.87. The van der Waals surface area contributed by atoms with Crippen LogP contribution < -0.4 is 5.73 Å². The Morgan fingerprint density at radius 3 is 2.80 bits per heavy atom. The van der Waals surface area contributed by atoms with Crippen LogP contribution in [0.1, 0.15) is 39.5 Å². The molecule has 0 spiro atoms. The van der Waals surface area contributed by atoms with Gasteiger partial charge in [0.25, 0.3) is 0 Å². The van der Waals surface area contributed by atoms with Crippen molar-refractivity contribution in [2.24, 2.45) is 5.73 Å². The van der Waals surface area contributed by atoms with E-state index >= 15 is 0 Å². The third-order valence-electron chi connectivity index (χ3n) is 3.66. The molecular formula is C12H24N2O. The van der Waals surface area contributed by atoms with Gasteiger partial charge in [-0.15, -0.1) is 0 Å². The van der Waals surface area contributed by atoms with Crippen molar-refractivity contribution in [1.82, 2.24) is 4.90 Å². The quantitative estimate of drug-likeness (QED) is 0.713. The van der Waals surface area contributed by atoms with Gasteiger partial charge >= 0.3 is 0 Å². The molecular weight excluding hydrogens is 188 g/mol. The van der Waals surface area contributed by atoms with Crippen LogP contribution in [0.5, 0.6) is 0 Å². The van der Waals surface area contributed by atoms with E-state index in [9.17, 15) is 0 Å². The van der Waals surface area contributed by atoms with Gasteiger partial charge in [-0.3, -0.25) is 4.90 Å². The average Bonchev–Trinajstić information content (AvgIpc) is 2.16. The molecule has 2 rings (SSSR count). The highest BCUT2D eigenvalue weighted by atomic mass is 16.5. The molecule has 0 radical (unpaired) electrons. The molecule has 1 saturated heterocycles. The fourth-order valence-corrected chi connectivity index (χ4v) is 2.90. The van der Waals surface area contributed by atoms with Crippen molar-refractivity contribution in [1.29, 1.82) is 0 Å². The first-order chi connectivity index (χ1) is 7.07. The maximum absolute atomic E-state index is 6.04. The molecule has 0 amide bonds. The molecule has 1 aliphatic carbocycles. The normalized spacial score (nSPS) is 37.8. The van der Waals surface area contributed by atoms with Crippen LogP contribution in [0.15, 0.2) is 0 Å². The molecule has 2 atom stereocenters. The molecule has 3 heteroatoms. The fraction of sp³-hybridized carbons (Fsp3) is 1.00. The Morgan fingerprint density at radius 1 is 1.33 bits per heavy atom.